The van der Waals surface area contributed by atoms with Crippen molar-refractivity contribution in [3.63, 3.8) is 0 Å². The molecule has 2 aliphatic rings. The van der Waals surface area contributed by atoms with Crippen LogP contribution in [0.3, 0.4) is 0 Å². The van der Waals surface area contributed by atoms with E-state index in [1.807, 2.05) is 4.90 Å². The van der Waals surface area contributed by atoms with E-state index in [-0.39, 0.29) is 36.8 Å². The first-order chi connectivity index (χ1) is 12.9. The molecule has 1 aromatic rings. The number of rotatable bonds is 4. The zero-order chi connectivity index (χ0) is 19.3. The largest absolute Gasteiger partial charge is 0.416 e. The third-order valence-electron chi connectivity index (χ3n) is 5.05. The van der Waals surface area contributed by atoms with Crippen molar-refractivity contribution in [2.45, 2.75) is 31.6 Å². The number of hydrogen-bond donors (Lipinski definition) is 1. The molecule has 0 bridgehead atoms. The molecule has 2 aliphatic heterocycles. The van der Waals surface area contributed by atoms with Crippen LogP contribution in [-0.4, -0.2) is 67.7 Å². The third-order valence-corrected chi connectivity index (χ3v) is 5.05. The first-order valence-electron chi connectivity index (χ1n) is 9.39. The minimum absolute atomic E-state index is 0. The van der Waals surface area contributed by atoms with Gasteiger partial charge in [0.2, 0.25) is 5.91 Å². The molecule has 1 aromatic carbocycles. The van der Waals surface area contributed by atoms with Gasteiger partial charge in [0.25, 0.3) is 0 Å². The van der Waals surface area contributed by atoms with Gasteiger partial charge in [-0.15, -0.1) is 24.8 Å². The summed E-state index contributed by atoms with van der Waals surface area (Å²) in [5, 5.41) is 3.30. The van der Waals surface area contributed by atoms with E-state index >= 15 is 0 Å². The molecule has 0 saturated carbocycles. The summed E-state index contributed by atoms with van der Waals surface area (Å²) in [6, 6.07) is 5.40. The summed E-state index contributed by atoms with van der Waals surface area (Å²) in [5.74, 6) is 0.134. The van der Waals surface area contributed by atoms with Crippen LogP contribution in [0.2, 0.25) is 0 Å². The van der Waals surface area contributed by atoms with Crippen LogP contribution in [0.15, 0.2) is 24.3 Å². The molecule has 2 heterocycles. The summed E-state index contributed by atoms with van der Waals surface area (Å²) in [6.07, 6.45) is -3.00. The smallest absolute Gasteiger partial charge is 0.378 e. The number of benzene rings is 1. The molecule has 1 amide bonds. The Kier molecular flexibility index (Phi) is 10.7. The van der Waals surface area contributed by atoms with Crippen LogP contribution in [0.4, 0.5) is 13.2 Å². The topological polar surface area (TPSA) is 44.8 Å². The first kappa shape index (κ1) is 26.0. The van der Waals surface area contributed by atoms with E-state index in [1.165, 1.54) is 12.1 Å². The van der Waals surface area contributed by atoms with Gasteiger partial charge in [-0.1, -0.05) is 12.1 Å². The molecule has 0 aromatic heterocycles. The zero-order valence-electron chi connectivity index (χ0n) is 16.1. The molecule has 3 rings (SSSR count). The summed E-state index contributed by atoms with van der Waals surface area (Å²) in [5.41, 5.74) is 0.227. The molecule has 10 heteroatoms. The average Bonchev–Trinajstić information content (AvgIpc) is 2.88. The van der Waals surface area contributed by atoms with Crippen LogP contribution in [0.1, 0.15) is 24.0 Å². The third kappa shape index (κ3) is 7.94. The van der Waals surface area contributed by atoms with Crippen molar-refractivity contribution in [1.29, 1.82) is 0 Å². The maximum absolute atomic E-state index is 12.7. The normalized spacial score (nSPS) is 20.9. The lowest BCUT2D eigenvalue weighted by atomic mass is 10.1. The number of halogens is 5. The minimum atomic E-state index is -4.31. The van der Waals surface area contributed by atoms with Crippen LogP contribution in [0, 0.1) is 0 Å². The van der Waals surface area contributed by atoms with E-state index < -0.39 is 11.7 Å². The molecule has 2 fully saturated rings. The lowest BCUT2D eigenvalue weighted by Crippen LogP contribution is -2.45. The molecule has 166 valence electrons. The zero-order valence-corrected chi connectivity index (χ0v) is 17.8. The van der Waals surface area contributed by atoms with Gasteiger partial charge in [0, 0.05) is 51.7 Å². The molecule has 2 saturated heterocycles. The standard InChI is InChI=1S/C19H26F3N3O2.2ClH/c20-19(21,22)16-4-2-15(3-5-16)13-24-7-1-8-25(10-9-24)18(26)12-17-14-27-11-6-23-17;;/h2-5,17,23H,1,6-14H2;2*1H. The number of alkyl halides is 3. The highest BCUT2D eigenvalue weighted by Crippen LogP contribution is 2.29. The van der Waals surface area contributed by atoms with Gasteiger partial charge >= 0.3 is 6.18 Å². The summed E-state index contributed by atoms with van der Waals surface area (Å²) >= 11 is 0. The molecular weight excluding hydrogens is 430 g/mol. The second kappa shape index (κ2) is 12.0. The number of nitrogens with one attached hydrogen (secondary N) is 1. The molecule has 1 N–H and O–H groups in total. The van der Waals surface area contributed by atoms with Crippen LogP contribution >= 0.6 is 24.8 Å². The maximum atomic E-state index is 12.7. The minimum Gasteiger partial charge on any atom is -0.378 e. The van der Waals surface area contributed by atoms with Gasteiger partial charge < -0.3 is 15.0 Å². The Morgan fingerprint density at radius 1 is 1.10 bits per heavy atom. The Bertz CT molecular complexity index is 626. The lowest BCUT2D eigenvalue weighted by molar-refractivity contribution is -0.137. The van der Waals surface area contributed by atoms with Crippen molar-refractivity contribution in [2.75, 3.05) is 45.9 Å². The van der Waals surface area contributed by atoms with Crippen LogP contribution in [0.5, 0.6) is 0 Å². The predicted octanol–water partition coefficient (Wildman–Crippen LogP) is 2.96. The fraction of sp³-hybridized carbons (Fsp3) is 0.632. The Morgan fingerprint density at radius 2 is 1.83 bits per heavy atom. The fourth-order valence-corrected chi connectivity index (χ4v) is 3.53. The molecule has 0 radical (unpaired) electrons. The molecular formula is C19H28Cl2F3N3O2. The SMILES string of the molecule is Cl.Cl.O=C(CC1COCCN1)N1CCCN(Cc2ccc(C(F)(F)F)cc2)CC1. The molecule has 0 aliphatic carbocycles. The number of morpholine rings is 1. The van der Waals surface area contributed by atoms with Gasteiger partial charge in [0.15, 0.2) is 0 Å². The highest BCUT2D eigenvalue weighted by atomic mass is 35.5. The monoisotopic (exact) mass is 457 g/mol. The van der Waals surface area contributed by atoms with Crippen molar-refractivity contribution in [3.8, 4) is 0 Å². The molecule has 29 heavy (non-hydrogen) atoms. The van der Waals surface area contributed by atoms with Gasteiger partial charge in [0.05, 0.1) is 18.8 Å². The van der Waals surface area contributed by atoms with Gasteiger partial charge in [0.1, 0.15) is 0 Å². The van der Waals surface area contributed by atoms with E-state index in [0.29, 0.717) is 32.7 Å². The second-order valence-corrected chi connectivity index (χ2v) is 7.14. The van der Waals surface area contributed by atoms with Crippen molar-refractivity contribution >= 4 is 30.7 Å². The van der Waals surface area contributed by atoms with Gasteiger partial charge in [-0.2, -0.15) is 13.2 Å². The van der Waals surface area contributed by atoms with Crippen molar-refractivity contribution in [2.24, 2.45) is 0 Å². The maximum Gasteiger partial charge on any atom is 0.416 e. The molecule has 1 unspecified atom stereocenters. The van der Waals surface area contributed by atoms with E-state index in [0.717, 1.165) is 50.3 Å². The van der Waals surface area contributed by atoms with Crippen molar-refractivity contribution in [3.05, 3.63) is 35.4 Å². The van der Waals surface area contributed by atoms with Crippen LogP contribution in [-0.2, 0) is 22.3 Å². The van der Waals surface area contributed by atoms with E-state index in [2.05, 4.69) is 10.2 Å². The Labute approximate surface area is 181 Å². The van der Waals surface area contributed by atoms with Crippen molar-refractivity contribution < 1.29 is 22.7 Å². The van der Waals surface area contributed by atoms with Gasteiger partial charge in [-0.05, 0) is 24.1 Å². The van der Waals surface area contributed by atoms with Crippen LogP contribution in [0.25, 0.3) is 0 Å². The summed E-state index contributed by atoms with van der Waals surface area (Å²) in [6.45, 7) is 5.55. The summed E-state index contributed by atoms with van der Waals surface area (Å²) in [7, 11) is 0. The Balaban J connectivity index is 0.00000210. The quantitative estimate of drug-likeness (QED) is 0.754. The molecule has 5 nitrogen and oxygen atoms in total. The molecule has 1 atom stereocenters. The van der Waals surface area contributed by atoms with E-state index in [4.69, 9.17) is 4.74 Å². The number of hydrogen-bond acceptors (Lipinski definition) is 4. The van der Waals surface area contributed by atoms with E-state index in [1.54, 1.807) is 0 Å². The van der Waals surface area contributed by atoms with E-state index in [9.17, 15) is 18.0 Å². The van der Waals surface area contributed by atoms with Crippen molar-refractivity contribution in [1.82, 2.24) is 15.1 Å². The molecule has 0 spiro atoms. The summed E-state index contributed by atoms with van der Waals surface area (Å²) < 4.78 is 43.4. The first-order valence-corrected chi connectivity index (χ1v) is 9.39. The fourth-order valence-electron chi connectivity index (χ4n) is 3.53. The number of carbonyl (C=O) groups excluding carboxylic acids is 1. The highest BCUT2D eigenvalue weighted by molar-refractivity contribution is 5.85. The predicted molar refractivity (Wildman–Crippen MR) is 110 cm³/mol. The number of ether oxygens (including phenoxy) is 1. The summed E-state index contributed by atoms with van der Waals surface area (Å²) in [4.78, 5) is 16.6. The second-order valence-electron chi connectivity index (χ2n) is 7.14. The Morgan fingerprint density at radius 3 is 2.45 bits per heavy atom. The Hall–Kier alpha value is -1.06. The number of amides is 1. The number of nitrogens with zero attached hydrogens (tertiary/aromatic N) is 2. The number of carbonyl (C=O) groups is 1. The lowest BCUT2D eigenvalue weighted by Gasteiger charge is -2.27. The van der Waals surface area contributed by atoms with Gasteiger partial charge in [-0.25, -0.2) is 0 Å². The average molecular weight is 458 g/mol. The van der Waals surface area contributed by atoms with Gasteiger partial charge in [-0.3, -0.25) is 9.69 Å². The highest BCUT2D eigenvalue weighted by Gasteiger charge is 2.30. The van der Waals surface area contributed by atoms with Crippen LogP contribution < -0.4 is 5.32 Å².